The molecule has 0 spiro atoms. The first-order valence-electron chi connectivity index (χ1n) is 6.85. The molecule has 1 aromatic carbocycles. The molecule has 1 aromatic heterocycles. The van der Waals surface area contributed by atoms with Crippen LogP contribution in [-0.2, 0) is 9.59 Å². The van der Waals surface area contributed by atoms with Crippen molar-refractivity contribution in [2.75, 3.05) is 17.3 Å². The molecule has 5 heteroatoms. The first-order chi connectivity index (χ1) is 10.5. The molecule has 1 heterocycles. The lowest BCUT2D eigenvalue weighted by Gasteiger charge is -2.15. The molecular weight excluding hydrogens is 280 g/mol. The summed E-state index contributed by atoms with van der Waals surface area (Å²) >= 11 is 0. The number of anilines is 2. The minimum Gasteiger partial charge on any atom is -0.462 e. The lowest BCUT2D eigenvalue weighted by atomic mass is 10.2. The Kier molecular flexibility index (Phi) is 4.78. The van der Waals surface area contributed by atoms with Gasteiger partial charge in [0.25, 0.3) is 0 Å². The van der Waals surface area contributed by atoms with Crippen LogP contribution in [0.3, 0.4) is 0 Å². The van der Waals surface area contributed by atoms with Gasteiger partial charge in [-0.1, -0.05) is 0 Å². The van der Waals surface area contributed by atoms with E-state index in [1.807, 2.05) is 13.0 Å². The van der Waals surface area contributed by atoms with E-state index in [4.69, 9.17) is 4.42 Å². The first kappa shape index (κ1) is 15.6. The fraction of sp³-hybridized carbons (Fsp3) is 0.176. The van der Waals surface area contributed by atoms with Crippen molar-refractivity contribution in [2.24, 2.45) is 0 Å². The van der Waals surface area contributed by atoms with E-state index in [0.717, 1.165) is 11.4 Å². The van der Waals surface area contributed by atoms with E-state index in [2.05, 4.69) is 5.32 Å². The third-order valence-corrected chi connectivity index (χ3v) is 3.15. The quantitative estimate of drug-likeness (QED) is 0.881. The molecule has 0 fully saturated rings. The summed E-state index contributed by atoms with van der Waals surface area (Å²) in [6.07, 6.45) is 3.02. The maximum atomic E-state index is 11.8. The topological polar surface area (TPSA) is 62.6 Å². The molecule has 2 aromatic rings. The van der Waals surface area contributed by atoms with E-state index in [-0.39, 0.29) is 11.8 Å². The Morgan fingerprint density at radius 3 is 2.36 bits per heavy atom. The summed E-state index contributed by atoms with van der Waals surface area (Å²) in [5.41, 5.74) is 1.43. The van der Waals surface area contributed by atoms with Gasteiger partial charge in [0.1, 0.15) is 11.5 Å². The Morgan fingerprint density at radius 2 is 1.82 bits per heavy atom. The lowest BCUT2D eigenvalue weighted by molar-refractivity contribution is -0.116. The number of amides is 2. The van der Waals surface area contributed by atoms with Crippen LogP contribution in [0.1, 0.15) is 18.4 Å². The smallest absolute Gasteiger partial charge is 0.248 e. The zero-order chi connectivity index (χ0) is 16.1. The van der Waals surface area contributed by atoms with Gasteiger partial charge >= 0.3 is 0 Å². The zero-order valence-electron chi connectivity index (χ0n) is 12.8. The van der Waals surface area contributed by atoms with Gasteiger partial charge in [0.05, 0.1) is 0 Å². The molecule has 2 rings (SSSR count). The molecule has 0 saturated carbocycles. The lowest BCUT2D eigenvalue weighted by Crippen LogP contribution is -2.22. The van der Waals surface area contributed by atoms with Crippen LogP contribution in [0.5, 0.6) is 0 Å². The molecule has 0 aliphatic carbocycles. The molecule has 0 aliphatic rings. The molecule has 0 bridgehead atoms. The van der Waals surface area contributed by atoms with E-state index >= 15 is 0 Å². The molecule has 0 saturated heterocycles. The van der Waals surface area contributed by atoms with Crippen LogP contribution >= 0.6 is 0 Å². The van der Waals surface area contributed by atoms with Crippen LogP contribution in [-0.4, -0.2) is 18.9 Å². The number of rotatable bonds is 4. The maximum Gasteiger partial charge on any atom is 0.248 e. The van der Waals surface area contributed by atoms with Crippen molar-refractivity contribution in [3.63, 3.8) is 0 Å². The van der Waals surface area contributed by atoms with Gasteiger partial charge in [-0.3, -0.25) is 9.59 Å². The summed E-state index contributed by atoms with van der Waals surface area (Å²) in [4.78, 5) is 24.6. The number of carbonyl (C=O) groups excluding carboxylic acids is 2. The number of hydrogen-bond acceptors (Lipinski definition) is 3. The molecule has 2 amide bonds. The Bertz CT molecular complexity index is 699. The first-order valence-corrected chi connectivity index (χ1v) is 6.85. The summed E-state index contributed by atoms with van der Waals surface area (Å²) < 4.78 is 5.34. The van der Waals surface area contributed by atoms with Gasteiger partial charge in [0.15, 0.2) is 0 Å². The number of carbonyl (C=O) groups is 2. The van der Waals surface area contributed by atoms with Gasteiger partial charge in [-0.2, -0.15) is 0 Å². The highest BCUT2D eigenvalue weighted by Gasteiger charge is 2.05. The monoisotopic (exact) mass is 298 g/mol. The highest BCUT2D eigenvalue weighted by Crippen LogP contribution is 2.17. The highest BCUT2D eigenvalue weighted by atomic mass is 16.3. The van der Waals surface area contributed by atoms with Crippen molar-refractivity contribution in [1.29, 1.82) is 0 Å². The average Bonchev–Trinajstić information content (AvgIpc) is 2.91. The van der Waals surface area contributed by atoms with E-state index in [0.29, 0.717) is 11.4 Å². The van der Waals surface area contributed by atoms with Gasteiger partial charge in [-0.25, -0.2) is 0 Å². The van der Waals surface area contributed by atoms with Crippen LogP contribution < -0.4 is 10.2 Å². The largest absolute Gasteiger partial charge is 0.462 e. The van der Waals surface area contributed by atoms with E-state index in [1.165, 1.54) is 17.9 Å². The zero-order valence-corrected chi connectivity index (χ0v) is 12.8. The molecule has 0 unspecified atom stereocenters. The van der Waals surface area contributed by atoms with Crippen molar-refractivity contribution in [3.05, 3.63) is 54.0 Å². The number of nitrogens with zero attached hydrogens (tertiary/aromatic N) is 1. The summed E-state index contributed by atoms with van der Waals surface area (Å²) in [5, 5.41) is 2.74. The average molecular weight is 298 g/mol. The summed E-state index contributed by atoms with van der Waals surface area (Å²) in [6, 6.07) is 10.7. The number of aryl methyl sites for hydroxylation is 1. The minimum absolute atomic E-state index is 0.0477. The molecule has 0 aliphatic heterocycles. The fourth-order valence-corrected chi connectivity index (χ4v) is 1.83. The van der Waals surface area contributed by atoms with Crippen molar-refractivity contribution in [2.45, 2.75) is 13.8 Å². The number of benzene rings is 1. The normalized spacial score (nSPS) is 10.7. The van der Waals surface area contributed by atoms with Crippen LogP contribution in [0.15, 0.2) is 46.9 Å². The summed E-state index contributed by atoms with van der Waals surface area (Å²) in [7, 11) is 1.70. The van der Waals surface area contributed by atoms with E-state index < -0.39 is 0 Å². The third-order valence-electron chi connectivity index (χ3n) is 3.15. The molecule has 1 N–H and O–H groups in total. The number of hydrogen-bond donors (Lipinski definition) is 1. The van der Waals surface area contributed by atoms with Gasteiger partial charge in [-0.05, 0) is 49.4 Å². The predicted octanol–water partition coefficient (Wildman–Crippen LogP) is 3.22. The van der Waals surface area contributed by atoms with E-state index in [9.17, 15) is 9.59 Å². The molecule has 0 atom stereocenters. The fourth-order valence-electron chi connectivity index (χ4n) is 1.83. The van der Waals surface area contributed by atoms with Crippen molar-refractivity contribution >= 4 is 29.3 Å². The molecule has 5 nitrogen and oxygen atoms in total. The second kappa shape index (κ2) is 6.76. The minimum atomic E-state index is -0.248. The van der Waals surface area contributed by atoms with Crippen LogP contribution in [0.25, 0.3) is 6.08 Å². The predicted molar refractivity (Wildman–Crippen MR) is 86.6 cm³/mol. The number of furan rings is 1. The molecule has 22 heavy (non-hydrogen) atoms. The van der Waals surface area contributed by atoms with Crippen molar-refractivity contribution in [1.82, 2.24) is 0 Å². The second-order valence-electron chi connectivity index (χ2n) is 4.90. The molecule has 0 radical (unpaired) electrons. The van der Waals surface area contributed by atoms with Gasteiger partial charge in [0.2, 0.25) is 11.8 Å². The Morgan fingerprint density at radius 1 is 1.14 bits per heavy atom. The summed E-state index contributed by atoms with van der Waals surface area (Å²) in [6.45, 7) is 3.34. The van der Waals surface area contributed by atoms with Crippen LogP contribution in [0.2, 0.25) is 0 Å². The van der Waals surface area contributed by atoms with Gasteiger partial charge in [0, 0.05) is 31.4 Å². The SMILES string of the molecule is CC(=O)N(C)c1ccc(NC(=O)C=Cc2ccc(C)o2)cc1. The summed E-state index contributed by atoms with van der Waals surface area (Å²) in [5.74, 6) is 1.13. The molecule has 114 valence electrons. The van der Waals surface area contributed by atoms with Crippen LogP contribution in [0.4, 0.5) is 11.4 Å². The van der Waals surface area contributed by atoms with E-state index in [1.54, 1.807) is 43.5 Å². The second-order valence-corrected chi connectivity index (χ2v) is 4.90. The molecular formula is C17H18N2O3. The van der Waals surface area contributed by atoms with Gasteiger partial charge < -0.3 is 14.6 Å². The third kappa shape index (κ3) is 4.09. The Labute approximate surface area is 129 Å². The standard InChI is InChI=1S/C17H18N2O3/c1-12-4-9-16(22-12)10-11-17(21)18-14-5-7-15(8-6-14)19(3)13(2)20/h4-11H,1-3H3,(H,18,21). The Hall–Kier alpha value is -2.82. The number of nitrogens with one attached hydrogen (secondary N) is 1. The van der Waals surface area contributed by atoms with Gasteiger partial charge in [-0.15, -0.1) is 0 Å². The van der Waals surface area contributed by atoms with Crippen molar-refractivity contribution in [3.8, 4) is 0 Å². The van der Waals surface area contributed by atoms with Crippen molar-refractivity contribution < 1.29 is 14.0 Å². The maximum absolute atomic E-state index is 11.8. The Balaban J connectivity index is 1.97. The van der Waals surface area contributed by atoms with Crippen LogP contribution in [0, 0.1) is 6.92 Å². The highest BCUT2D eigenvalue weighted by molar-refractivity contribution is 6.02.